The van der Waals surface area contributed by atoms with Crippen molar-refractivity contribution < 1.29 is 14.0 Å². The van der Waals surface area contributed by atoms with Gasteiger partial charge < -0.3 is 10.2 Å². The van der Waals surface area contributed by atoms with Gasteiger partial charge in [-0.3, -0.25) is 9.59 Å². The summed E-state index contributed by atoms with van der Waals surface area (Å²) in [5.41, 5.74) is 0.370. The van der Waals surface area contributed by atoms with Crippen LogP contribution in [0.4, 0.5) is 10.1 Å². The van der Waals surface area contributed by atoms with Crippen LogP contribution in [0.3, 0.4) is 0 Å². The Kier molecular flexibility index (Phi) is 4.67. The lowest BCUT2D eigenvalue weighted by atomic mass is 9.84. The zero-order chi connectivity index (χ0) is 18.1. The van der Waals surface area contributed by atoms with Crippen LogP contribution < -0.4 is 5.32 Å². The number of anilines is 1. The summed E-state index contributed by atoms with van der Waals surface area (Å²) in [5, 5.41) is 11.7. The number of nitrogens with one attached hydrogen (secondary N) is 1. The molecule has 1 aromatic heterocycles. The molecule has 2 amide bonds. The number of aromatic nitrogens is 2. The molecule has 2 heterocycles. The molecule has 2 aliphatic rings. The molecule has 1 N–H and O–H groups in total. The number of carbonyl (C=O) groups is 2. The Morgan fingerprint density at radius 1 is 1.19 bits per heavy atom. The Morgan fingerprint density at radius 3 is 2.77 bits per heavy atom. The highest BCUT2D eigenvalue weighted by Crippen LogP contribution is 2.38. The highest BCUT2D eigenvalue weighted by atomic mass is 32.1. The molecule has 26 heavy (non-hydrogen) atoms. The molecule has 2 fully saturated rings. The second kappa shape index (κ2) is 7.11. The highest BCUT2D eigenvalue weighted by molar-refractivity contribution is 7.13. The van der Waals surface area contributed by atoms with E-state index in [1.165, 1.54) is 29.5 Å². The van der Waals surface area contributed by atoms with Crippen molar-refractivity contribution in [3.05, 3.63) is 40.1 Å². The molecule has 8 heteroatoms. The molecule has 1 unspecified atom stereocenters. The highest BCUT2D eigenvalue weighted by Gasteiger charge is 2.37. The second-order valence-corrected chi connectivity index (χ2v) is 7.74. The average Bonchev–Trinajstić information content (AvgIpc) is 3.22. The lowest BCUT2D eigenvalue weighted by molar-refractivity contribution is -0.139. The van der Waals surface area contributed by atoms with E-state index >= 15 is 0 Å². The van der Waals surface area contributed by atoms with Crippen molar-refractivity contribution in [1.82, 2.24) is 15.1 Å². The van der Waals surface area contributed by atoms with Gasteiger partial charge in [0.15, 0.2) is 0 Å². The fraction of sp³-hybridized carbons (Fsp3) is 0.444. The van der Waals surface area contributed by atoms with E-state index < -0.39 is 11.7 Å². The number of carbonyl (C=O) groups excluding carboxylic acids is 2. The molecule has 2 aromatic rings. The fourth-order valence-electron chi connectivity index (χ4n) is 3.39. The summed E-state index contributed by atoms with van der Waals surface area (Å²) < 4.78 is 13.2. The summed E-state index contributed by atoms with van der Waals surface area (Å²) in [7, 11) is 0. The predicted octanol–water partition coefficient (Wildman–Crippen LogP) is 3.39. The minimum atomic E-state index is -0.422. The third kappa shape index (κ3) is 3.33. The van der Waals surface area contributed by atoms with E-state index in [0.29, 0.717) is 10.7 Å². The van der Waals surface area contributed by atoms with Crippen molar-refractivity contribution in [3.8, 4) is 0 Å². The smallest absolute Gasteiger partial charge is 0.286 e. The Morgan fingerprint density at radius 2 is 2.04 bits per heavy atom. The van der Waals surface area contributed by atoms with E-state index in [0.717, 1.165) is 38.6 Å². The summed E-state index contributed by atoms with van der Waals surface area (Å²) in [5.74, 6) is -0.481. The van der Waals surface area contributed by atoms with Gasteiger partial charge in [0.2, 0.25) is 10.9 Å². The number of rotatable bonds is 4. The van der Waals surface area contributed by atoms with Gasteiger partial charge >= 0.3 is 0 Å². The Hall–Kier alpha value is -2.35. The molecule has 1 saturated heterocycles. The van der Waals surface area contributed by atoms with Gasteiger partial charge in [-0.05, 0) is 43.9 Å². The summed E-state index contributed by atoms with van der Waals surface area (Å²) in [6.07, 6.45) is 4.85. The molecule has 0 bridgehead atoms. The van der Waals surface area contributed by atoms with Gasteiger partial charge in [-0.15, -0.1) is 10.2 Å². The minimum absolute atomic E-state index is 0.0867. The second-order valence-electron chi connectivity index (χ2n) is 6.73. The first-order valence-electron chi connectivity index (χ1n) is 8.82. The van der Waals surface area contributed by atoms with Crippen molar-refractivity contribution in [2.45, 2.75) is 38.1 Å². The lowest BCUT2D eigenvalue weighted by Gasteiger charge is -2.31. The number of nitrogens with zero attached hydrogens (tertiary/aromatic N) is 3. The van der Waals surface area contributed by atoms with Crippen LogP contribution in [0.5, 0.6) is 0 Å². The average molecular weight is 374 g/mol. The van der Waals surface area contributed by atoms with Crippen LogP contribution in [0.25, 0.3) is 0 Å². The third-order valence-electron chi connectivity index (χ3n) is 4.99. The van der Waals surface area contributed by atoms with Gasteiger partial charge in [0.05, 0.1) is 6.04 Å². The number of amides is 2. The maximum absolute atomic E-state index is 13.2. The zero-order valence-corrected chi connectivity index (χ0v) is 15.0. The van der Waals surface area contributed by atoms with Crippen LogP contribution in [0, 0.1) is 11.7 Å². The Bertz CT molecular complexity index is 836. The Balaban J connectivity index is 1.46. The largest absolute Gasteiger partial charge is 0.333 e. The molecule has 6 nitrogen and oxygen atoms in total. The number of likely N-dealkylation sites (tertiary alicyclic amines) is 1. The Labute approximate surface area is 154 Å². The van der Waals surface area contributed by atoms with Gasteiger partial charge in [0, 0.05) is 18.2 Å². The lowest BCUT2D eigenvalue weighted by Crippen LogP contribution is -2.38. The number of benzene rings is 1. The summed E-state index contributed by atoms with van der Waals surface area (Å²) in [4.78, 5) is 26.8. The molecule has 1 aliphatic carbocycles. The van der Waals surface area contributed by atoms with Crippen molar-refractivity contribution in [2.24, 2.45) is 5.92 Å². The first-order chi connectivity index (χ1) is 12.6. The molecule has 1 saturated carbocycles. The first-order valence-corrected chi connectivity index (χ1v) is 9.64. The topological polar surface area (TPSA) is 75.2 Å². The van der Waals surface area contributed by atoms with Gasteiger partial charge in [-0.25, -0.2) is 4.39 Å². The van der Waals surface area contributed by atoms with Crippen molar-refractivity contribution in [1.29, 1.82) is 0 Å². The SMILES string of the molecule is O=C(Nc1cccc(F)c1)c1nnc(C2CCCN2C(=O)C2CCC2)s1. The van der Waals surface area contributed by atoms with Crippen LogP contribution in [-0.4, -0.2) is 33.5 Å². The van der Waals surface area contributed by atoms with Crippen molar-refractivity contribution in [3.63, 3.8) is 0 Å². The summed E-state index contributed by atoms with van der Waals surface area (Å²) in [6, 6.07) is 5.61. The van der Waals surface area contributed by atoms with Crippen LogP contribution in [0.1, 0.15) is 53.0 Å². The molecule has 0 spiro atoms. The monoisotopic (exact) mass is 374 g/mol. The van der Waals surface area contributed by atoms with Crippen molar-refractivity contribution in [2.75, 3.05) is 11.9 Å². The third-order valence-corrected chi connectivity index (χ3v) is 6.02. The molecule has 4 rings (SSSR count). The minimum Gasteiger partial charge on any atom is -0.333 e. The number of hydrogen-bond donors (Lipinski definition) is 1. The molecular formula is C18H19FN4O2S. The normalized spacial score (nSPS) is 20.0. The standard InChI is InChI=1S/C18H19FN4O2S/c19-12-6-2-7-13(10-12)20-15(24)17-22-21-16(26-17)14-8-3-9-23(14)18(25)11-4-1-5-11/h2,6-7,10-11,14H,1,3-5,8-9H2,(H,20,24). The molecule has 136 valence electrons. The van der Waals surface area contributed by atoms with E-state index in [-0.39, 0.29) is 22.9 Å². The first kappa shape index (κ1) is 17.1. The van der Waals surface area contributed by atoms with Gasteiger partial charge in [-0.1, -0.05) is 23.8 Å². The van der Waals surface area contributed by atoms with Crippen LogP contribution >= 0.6 is 11.3 Å². The fourth-order valence-corrected chi connectivity index (χ4v) is 4.27. The van der Waals surface area contributed by atoms with Gasteiger partial charge in [0.25, 0.3) is 5.91 Å². The maximum Gasteiger partial charge on any atom is 0.286 e. The van der Waals surface area contributed by atoms with Crippen LogP contribution in [0.2, 0.25) is 0 Å². The molecule has 1 aliphatic heterocycles. The van der Waals surface area contributed by atoms with Crippen LogP contribution in [0.15, 0.2) is 24.3 Å². The van der Waals surface area contributed by atoms with E-state index in [1.807, 2.05) is 4.90 Å². The van der Waals surface area contributed by atoms with Crippen LogP contribution in [-0.2, 0) is 4.79 Å². The molecule has 1 atom stereocenters. The number of hydrogen-bond acceptors (Lipinski definition) is 5. The quantitative estimate of drug-likeness (QED) is 0.890. The molecular weight excluding hydrogens is 355 g/mol. The summed E-state index contributed by atoms with van der Waals surface area (Å²) >= 11 is 1.20. The van der Waals surface area contributed by atoms with E-state index in [2.05, 4.69) is 15.5 Å². The molecule has 0 radical (unpaired) electrons. The van der Waals surface area contributed by atoms with E-state index in [4.69, 9.17) is 0 Å². The predicted molar refractivity (Wildman–Crippen MR) is 95.3 cm³/mol. The van der Waals surface area contributed by atoms with E-state index in [9.17, 15) is 14.0 Å². The molecule has 1 aromatic carbocycles. The van der Waals surface area contributed by atoms with Crippen molar-refractivity contribution >= 4 is 28.8 Å². The maximum atomic E-state index is 13.2. The summed E-state index contributed by atoms with van der Waals surface area (Å²) in [6.45, 7) is 0.740. The number of halogens is 1. The zero-order valence-electron chi connectivity index (χ0n) is 14.2. The van der Waals surface area contributed by atoms with E-state index in [1.54, 1.807) is 6.07 Å². The van der Waals surface area contributed by atoms with Gasteiger partial charge in [0.1, 0.15) is 10.8 Å². The van der Waals surface area contributed by atoms with Gasteiger partial charge in [-0.2, -0.15) is 0 Å².